The summed E-state index contributed by atoms with van der Waals surface area (Å²) in [6, 6.07) is 15.5. The monoisotopic (exact) mass is 377 g/mol. The molecule has 1 aliphatic heterocycles. The maximum absolute atomic E-state index is 12.7. The van der Waals surface area contributed by atoms with Gasteiger partial charge in [-0.15, -0.1) is 0 Å². The van der Waals surface area contributed by atoms with E-state index >= 15 is 0 Å². The average Bonchev–Trinajstić information content (AvgIpc) is 3.17. The number of nitrogens with one attached hydrogen (secondary N) is 1. The summed E-state index contributed by atoms with van der Waals surface area (Å²) in [6.45, 7) is 3.43. The number of imidazole rings is 1. The highest BCUT2D eigenvalue weighted by Gasteiger charge is 2.24. The number of carbonyl (C=O) groups is 2. The van der Waals surface area contributed by atoms with Gasteiger partial charge in [0.05, 0.1) is 6.54 Å². The lowest BCUT2D eigenvalue weighted by Gasteiger charge is -2.33. The minimum absolute atomic E-state index is 0.00369. The zero-order chi connectivity index (χ0) is 19.3. The molecule has 144 valence electrons. The molecular formula is C21H23N5O2. The van der Waals surface area contributed by atoms with Crippen molar-refractivity contribution in [3.63, 3.8) is 0 Å². The van der Waals surface area contributed by atoms with Crippen LogP contribution in [0.4, 0.5) is 0 Å². The number of pyridine rings is 1. The SMILES string of the molecule is O=C(CN1CCN(C(=O)c2cn3ccccc3n2)CC1)NCc1ccccc1. The molecule has 0 aliphatic carbocycles. The van der Waals surface area contributed by atoms with Crippen LogP contribution in [0, 0.1) is 0 Å². The number of fused-ring (bicyclic) bond motifs is 1. The molecule has 7 nitrogen and oxygen atoms in total. The molecule has 0 unspecified atom stereocenters. The lowest BCUT2D eigenvalue weighted by molar-refractivity contribution is -0.122. The van der Waals surface area contributed by atoms with Gasteiger partial charge in [-0.3, -0.25) is 14.5 Å². The van der Waals surface area contributed by atoms with E-state index in [0.717, 1.165) is 11.2 Å². The van der Waals surface area contributed by atoms with Crippen molar-refractivity contribution in [2.75, 3.05) is 32.7 Å². The molecular weight excluding hydrogens is 354 g/mol. The van der Waals surface area contributed by atoms with Crippen molar-refractivity contribution >= 4 is 17.5 Å². The maximum Gasteiger partial charge on any atom is 0.274 e. The highest BCUT2D eigenvalue weighted by Crippen LogP contribution is 2.10. The molecule has 2 amide bonds. The van der Waals surface area contributed by atoms with Gasteiger partial charge in [-0.2, -0.15) is 0 Å². The van der Waals surface area contributed by atoms with Crippen molar-refractivity contribution in [3.05, 3.63) is 72.2 Å². The van der Waals surface area contributed by atoms with E-state index in [-0.39, 0.29) is 11.8 Å². The summed E-state index contributed by atoms with van der Waals surface area (Å²) in [7, 11) is 0. The molecule has 3 aromatic rings. The van der Waals surface area contributed by atoms with Crippen LogP contribution in [0.5, 0.6) is 0 Å². The standard InChI is InChI=1S/C21H23N5O2/c27-20(22-14-17-6-2-1-3-7-17)16-24-10-12-25(13-11-24)21(28)18-15-26-9-5-4-8-19(26)23-18/h1-9,15H,10-14,16H2,(H,22,27). The molecule has 1 aliphatic rings. The Morgan fingerprint density at radius 1 is 0.964 bits per heavy atom. The van der Waals surface area contributed by atoms with Gasteiger partial charge in [-0.05, 0) is 17.7 Å². The van der Waals surface area contributed by atoms with Crippen molar-refractivity contribution in [2.45, 2.75) is 6.54 Å². The minimum atomic E-state index is -0.0584. The van der Waals surface area contributed by atoms with Gasteiger partial charge < -0.3 is 14.6 Å². The van der Waals surface area contributed by atoms with Crippen LogP contribution in [0.15, 0.2) is 60.9 Å². The normalized spacial score (nSPS) is 14.9. The zero-order valence-electron chi connectivity index (χ0n) is 15.6. The zero-order valence-corrected chi connectivity index (χ0v) is 15.6. The Morgan fingerprint density at radius 2 is 1.71 bits per heavy atom. The fourth-order valence-electron chi connectivity index (χ4n) is 3.36. The van der Waals surface area contributed by atoms with Crippen LogP contribution in [0.2, 0.25) is 0 Å². The molecule has 0 bridgehead atoms. The lowest BCUT2D eigenvalue weighted by atomic mass is 10.2. The van der Waals surface area contributed by atoms with E-state index in [2.05, 4.69) is 15.2 Å². The molecule has 28 heavy (non-hydrogen) atoms. The molecule has 0 saturated carbocycles. The number of amides is 2. The van der Waals surface area contributed by atoms with Crippen molar-refractivity contribution in [1.82, 2.24) is 24.5 Å². The second-order valence-electron chi connectivity index (χ2n) is 6.92. The number of rotatable bonds is 5. The second-order valence-corrected chi connectivity index (χ2v) is 6.92. The average molecular weight is 377 g/mol. The quantitative estimate of drug-likeness (QED) is 0.730. The van der Waals surface area contributed by atoms with Crippen LogP contribution in [0.3, 0.4) is 0 Å². The van der Waals surface area contributed by atoms with E-state index in [9.17, 15) is 9.59 Å². The van der Waals surface area contributed by atoms with Crippen molar-refractivity contribution in [3.8, 4) is 0 Å². The smallest absolute Gasteiger partial charge is 0.274 e. The molecule has 1 aromatic carbocycles. The molecule has 0 radical (unpaired) electrons. The van der Waals surface area contributed by atoms with Gasteiger partial charge in [0, 0.05) is 45.1 Å². The Bertz CT molecular complexity index is 928. The van der Waals surface area contributed by atoms with Gasteiger partial charge >= 0.3 is 0 Å². The predicted molar refractivity (Wildman–Crippen MR) is 106 cm³/mol. The molecule has 1 N–H and O–H groups in total. The number of benzene rings is 1. The molecule has 4 rings (SSSR count). The second kappa shape index (κ2) is 8.22. The fraction of sp³-hybridized carbons (Fsp3) is 0.286. The first-order chi connectivity index (χ1) is 13.7. The summed E-state index contributed by atoms with van der Waals surface area (Å²) in [5.41, 5.74) is 2.30. The first-order valence-electron chi connectivity index (χ1n) is 9.45. The Kier molecular flexibility index (Phi) is 5.34. The molecule has 0 spiro atoms. The third-order valence-electron chi connectivity index (χ3n) is 4.94. The molecule has 3 heterocycles. The molecule has 7 heteroatoms. The van der Waals surface area contributed by atoms with Gasteiger partial charge in [0.1, 0.15) is 11.3 Å². The van der Waals surface area contributed by atoms with Gasteiger partial charge in [-0.25, -0.2) is 4.98 Å². The number of aromatic nitrogens is 2. The lowest BCUT2D eigenvalue weighted by Crippen LogP contribution is -2.51. The van der Waals surface area contributed by atoms with Crippen LogP contribution in [-0.2, 0) is 11.3 Å². The van der Waals surface area contributed by atoms with E-state index in [4.69, 9.17) is 0 Å². The van der Waals surface area contributed by atoms with Gasteiger partial charge in [0.15, 0.2) is 0 Å². The molecule has 2 aromatic heterocycles. The Hall–Kier alpha value is -3.19. The van der Waals surface area contributed by atoms with Crippen LogP contribution in [0.25, 0.3) is 5.65 Å². The molecule has 1 saturated heterocycles. The van der Waals surface area contributed by atoms with Crippen molar-refractivity contribution in [2.24, 2.45) is 0 Å². The summed E-state index contributed by atoms with van der Waals surface area (Å²) >= 11 is 0. The van der Waals surface area contributed by atoms with Crippen LogP contribution < -0.4 is 5.32 Å². The Morgan fingerprint density at radius 3 is 2.46 bits per heavy atom. The Balaban J connectivity index is 1.26. The van der Waals surface area contributed by atoms with E-state index in [1.807, 2.05) is 59.1 Å². The van der Waals surface area contributed by atoms with Crippen molar-refractivity contribution < 1.29 is 9.59 Å². The van der Waals surface area contributed by atoms with Gasteiger partial charge in [0.25, 0.3) is 5.91 Å². The number of piperazine rings is 1. The van der Waals surface area contributed by atoms with Crippen LogP contribution in [0.1, 0.15) is 16.1 Å². The molecule has 0 atom stereocenters. The maximum atomic E-state index is 12.7. The van der Waals surface area contributed by atoms with E-state index in [1.54, 1.807) is 11.1 Å². The number of hydrogen-bond acceptors (Lipinski definition) is 4. The van der Waals surface area contributed by atoms with Crippen LogP contribution >= 0.6 is 0 Å². The fourth-order valence-corrected chi connectivity index (χ4v) is 3.36. The summed E-state index contributed by atoms with van der Waals surface area (Å²) in [6.07, 6.45) is 3.65. The third-order valence-corrected chi connectivity index (χ3v) is 4.94. The summed E-state index contributed by atoms with van der Waals surface area (Å²) < 4.78 is 1.85. The summed E-state index contributed by atoms with van der Waals surface area (Å²) in [4.78, 5) is 33.2. The number of hydrogen-bond donors (Lipinski definition) is 1. The topological polar surface area (TPSA) is 70.0 Å². The molecule has 1 fully saturated rings. The summed E-state index contributed by atoms with van der Waals surface area (Å²) in [5.74, 6) is -0.0548. The first-order valence-corrected chi connectivity index (χ1v) is 9.45. The van der Waals surface area contributed by atoms with Crippen LogP contribution in [-0.4, -0.2) is 63.7 Å². The summed E-state index contributed by atoms with van der Waals surface area (Å²) in [5, 5.41) is 2.95. The minimum Gasteiger partial charge on any atom is -0.351 e. The van der Waals surface area contributed by atoms with Crippen molar-refractivity contribution in [1.29, 1.82) is 0 Å². The van der Waals surface area contributed by atoms with Gasteiger partial charge in [0.2, 0.25) is 5.91 Å². The van der Waals surface area contributed by atoms with E-state index in [1.165, 1.54) is 0 Å². The highest BCUT2D eigenvalue weighted by atomic mass is 16.2. The van der Waals surface area contributed by atoms with Gasteiger partial charge in [-0.1, -0.05) is 36.4 Å². The van der Waals surface area contributed by atoms with E-state index in [0.29, 0.717) is 45.0 Å². The highest BCUT2D eigenvalue weighted by molar-refractivity contribution is 5.93. The number of nitrogens with zero attached hydrogens (tertiary/aromatic N) is 4. The predicted octanol–water partition coefficient (Wildman–Crippen LogP) is 1.41. The first kappa shape index (κ1) is 18.2. The van der Waals surface area contributed by atoms with E-state index < -0.39 is 0 Å². The third kappa shape index (κ3) is 4.20. The number of carbonyl (C=O) groups excluding carboxylic acids is 2. The Labute approximate surface area is 163 Å². The largest absolute Gasteiger partial charge is 0.351 e.